The number of benzene rings is 2. The number of ether oxygens (including phenoxy) is 1. The van der Waals surface area contributed by atoms with Crippen LogP contribution in [0.15, 0.2) is 61.2 Å². The molecule has 1 aliphatic rings. The summed E-state index contributed by atoms with van der Waals surface area (Å²) in [6.45, 7) is 7.96. The molecule has 2 N–H and O–H groups in total. The maximum absolute atomic E-state index is 12.4. The number of hydrogen-bond acceptors (Lipinski definition) is 3. The molecule has 3 rings (SSSR count). The van der Waals surface area contributed by atoms with E-state index in [1.54, 1.807) is 0 Å². The summed E-state index contributed by atoms with van der Waals surface area (Å²) >= 11 is 0. The molecule has 2 aromatic carbocycles. The second-order valence-corrected chi connectivity index (χ2v) is 7.43. The van der Waals surface area contributed by atoms with Crippen LogP contribution < -0.4 is 5.32 Å². The van der Waals surface area contributed by atoms with Gasteiger partial charge in [-0.2, -0.15) is 0 Å². The molecule has 0 radical (unpaired) electrons. The van der Waals surface area contributed by atoms with Crippen LogP contribution in [0.4, 0.5) is 4.79 Å². The van der Waals surface area contributed by atoms with Crippen molar-refractivity contribution < 1.29 is 14.6 Å². The molecular weight excluding hydrogens is 338 g/mol. The van der Waals surface area contributed by atoms with Crippen LogP contribution in [0.5, 0.6) is 0 Å². The molecule has 2 atom stereocenters. The van der Waals surface area contributed by atoms with Gasteiger partial charge in [-0.15, -0.1) is 6.58 Å². The highest BCUT2D eigenvalue weighted by Crippen LogP contribution is 2.44. The number of hydrogen-bond donors (Lipinski definition) is 2. The zero-order chi connectivity index (χ0) is 19.4. The fraction of sp³-hybridized carbons (Fsp3) is 0.348. The molecule has 0 bridgehead atoms. The van der Waals surface area contributed by atoms with Crippen molar-refractivity contribution in [2.75, 3.05) is 6.61 Å². The summed E-state index contributed by atoms with van der Waals surface area (Å²) in [7, 11) is 0. The summed E-state index contributed by atoms with van der Waals surface area (Å²) in [5.41, 5.74) is 4.75. The molecule has 1 amide bonds. The molecule has 142 valence electrons. The molecule has 27 heavy (non-hydrogen) atoms. The summed E-state index contributed by atoms with van der Waals surface area (Å²) in [6, 6.07) is 16.1. The molecule has 1 aliphatic carbocycles. The van der Waals surface area contributed by atoms with Crippen LogP contribution in [-0.2, 0) is 4.74 Å². The number of fused-ring (bicyclic) bond motifs is 3. The van der Waals surface area contributed by atoms with Gasteiger partial charge in [-0.25, -0.2) is 4.79 Å². The molecule has 0 aliphatic heterocycles. The average Bonchev–Trinajstić information content (AvgIpc) is 2.99. The monoisotopic (exact) mass is 365 g/mol. The van der Waals surface area contributed by atoms with E-state index in [4.69, 9.17) is 4.74 Å². The summed E-state index contributed by atoms with van der Waals surface area (Å²) < 4.78 is 5.55. The second kappa shape index (κ2) is 8.40. The number of rotatable bonds is 7. The molecule has 0 aromatic heterocycles. The number of aliphatic hydroxyl groups is 1. The van der Waals surface area contributed by atoms with Crippen LogP contribution in [0.1, 0.15) is 37.3 Å². The van der Waals surface area contributed by atoms with E-state index in [2.05, 4.69) is 36.2 Å². The molecule has 0 saturated heterocycles. The number of carbonyl (C=O) groups excluding carboxylic acids is 1. The lowest BCUT2D eigenvalue weighted by Crippen LogP contribution is -2.43. The van der Waals surface area contributed by atoms with Gasteiger partial charge in [-0.1, -0.05) is 68.5 Å². The van der Waals surface area contributed by atoms with Crippen LogP contribution in [0.2, 0.25) is 0 Å². The predicted molar refractivity (Wildman–Crippen MR) is 108 cm³/mol. The molecule has 0 spiro atoms. The van der Waals surface area contributed by atoms with Crippen LogP contribution in [0.3, 0.4) is 0 Å². The molecule has 2 aromatic rings. The van der Waals surface area contributed by atoms with Gasteiger partial charge in [0.2, 0.25) is 0 Å². The Kier molecular flexibility index (Phi) is 5.97. The summed E-state index contributed by atoms with van der Waals surface area (Å²) in [5, 5.41) is 12.9. The van der Waals surface area contributed by atoms with Gasteiger partial charge < -0.3 is 15.2 Å². The zero-order valence-corrected chi connectivity index (χ0v) is 15.9. The second-order valence-electron chi connectivity index (χ2n) is 7.43. The van der Waals surface area contributed by atoms with Gasteiger partial charge in [0.1, 0.15) is 6.61 Å². The van der Waals surface area contributed by atoms with Crippen LogP contribution >= 0.6 is 0 Å². The lowest BCUT2D eigenvalue weighted by Gasteiger charge is -2.24. The zero-order valence-electron chi connectivity index (χ0n) is 15.9. The highest BCUT2D eigenvalue weighted by molar-refractivity contribution is 5.79. The fourth-order valence-electron chi connectivity index (χ4n) is 3.75. The van der Waals surface area contributed by atoms with Crippen molar-refractivity contribution in [2.24, 2.45) is 5.92 Å². The van der Waals surface area contributed by atoms with E-state index in [9.17, 15) is 9.90 Å². The smallest absolute Gasteiger partial charge is 0.407 e. The molecule has 0 heterocycles. The van der Waals surface area contributed by atoms with Gasteiger partial charge in [-0.05, 0) is 34.6 Å². The lowest BCUT2D eigenvalue weighted by molar-refractivity contribution is 0.115. The lowest BCUT2D eigenvalue weighted by atomic mass is 9.98. The van der Waals surface area contributed by atoms with E-state index < -0.39 is 18.2 Å². The predicted octanol–water partition coefficient (Wildman–Crippen LogP) is 4.49. The fourth-order valence-corrected chi connectivity index (χ4v) is 3.75. The first-order valence-corrected chi connectivity index (χ1v) is 9.43. The highest BCUT2D eigenvalue weighted by atomic mass is 16.5. The maximum Gasteiger partial charge on any atom is 0.407 e. The topological polar surface area (TPSA) is 58.6 Å². The third-order valence-corrected chi connectivity index (χ3v) is 5.03. The maximum atomic E-state index is 12.4. The van der Waals surface area contributed by atoms with Crippen molar-refractivity contribution in [1.82, 2.24) is 5.32 Å². The van der Waals surface area contributed by atoms with E-state index in [0.29, 0.717) is 12.3 Å². The molecule has 0 unspecified atom stereocenters. The minimum absolute atomic E-state index is 0.0241. The van der Waals surface area contributed by atoms with Crippen molar-refractivity contribution >= 4 is 6.09 Å². The third kappa shape index (κ3) is 4.22. The van der Waals surface area contributed by atoms with E-state index in [1.807, 2.05) is 38.1 Å². The number of carbonyl (C=O) groups is 1. The Bertz CT molecular complexity index is 769. The number of alkyl carbamates (subject to hydrolysis) is 1. The van der Waals surface area contributed by atoms with Gasteiger partial charge >= 0.3 is 6.09 Å². The Hall–Kier alpha value is -2.59. The SMILES string of the molecule is C=C[C@@H](O)[C@@H](CC(C)C)NC(=O)OCC1c2ccccc2-c2ccccc21. The van der Waals surface area contributed by atoms with E-state index in [1.165, 1.54) is 28.3 Å². The first-order valence-electron chi connectivity index (χ1n) is 9.43. The Morgan fingerprint density at radius 2 is 1.70 bits per heavy atom. The average molecular weight is 365 g/mol. The third-order valence-electron chi connectivity index (χ3n) is 5.03. The minimum Gasteiger partial charge on any atom is -0.449 e. The van der Waals surface area contributed by atoms with Crippen molar-refractivity contribution in [3.05, 3.63) is 72.3 Å². The Morgan fingerprint density at radius 1 is 1.15 bits per heavy atom. The largest absolute Gasteiger partial charge is 0.449 e. The van der Waals surface area contributed by atoms with Crippen molar-refractivity contribution in [1.29, 1.82) is 0 Å². The van der Waals surface area contributed by atoms with Gasteiger partial charge in [0.05, 0.1) is 12.1 Å². The summed E-state index contributed by atoms with van der Waals surface area (Å²) in [6.07, 6.45) is 0.782. The first-order chi connectivity index (χ1) is 13.0. The van der Waals surface area contributed by atoms with E-state index >= 15 is 0 Å². The van der Waals surface area contributed by atoms with Gasteiger partial charge in [0.25, 0.3) is 0 Å². The Balaban J connectivity index is 1.69. The van der Waals surface area contributed by atoms with E-state index in [0.717, 1.165) is 0 Å². The summed E-state index contributed by atoms with van der Waals surface area (Å²) in [5.74, 6) is 0.356. The Morgan fingerprint density at radius 3 is 2.22 bits per heavy atom. The quantitative estimate of drug-likeness (QED) is 0.711. The molecular formula is C23H27NO3. The van der Waals surface area contributed by atoms with Gasteiger partial charge in [0, 0.05) is 5.92 Å². The number of amides is 1. The van der Waals surface area contributed by atoms with Crippen molar-refractivity contribution in [3.63, 3.8) is 0 Å². The number of nitrogens with one attached hydrogen (secondary N) is 1. The van der Waals surface area contributed by atoms with Crippen molar-refractivity contribution in [2.45, 2.75) is 38.3 Å². The Labute approximate surface area is 160 Å². The molecule has 4 nitrogen and oxygen atoms in total. The first kappa shape index (κ1) is 19.2. The van der Waals surface area contributed by atoms with E-state index in [-0.39, 0.29) is 12.5 Å². The highest BCUT2D eigenvalue weighted by Gasteiger charge is 2.29. The molecule has 0 saturated carbocycles. The van der Waals surface area contributed by atoms with Crippen LogP contribution in [0.25, 0.3) is 11.1 Å². The standard InChI is InChI=1S/C23H27NO3/c1-4-22(25)21(13-15(2)3)24-23(26)27-14-20-18-11-7-5-9-16(18)17-10-6-8-12-19(17)20/h4-12,15,20-22,25H,1,13-14H2,2-3H3,(H,24,26)/t21-,22-/m1/s1. The number of aliphatic hydroxyl groups excluding tert-OH is 1. The van der Waals surface area contributed by atoms with Gasteiger partial charge in [-0.3, -0.25) is 0 Å². The van der Waals surface area contributed by atoms with Gasteiger partial charge in [0.15, 0.2) is 0 Å². The van der Waals surface area contributed by atoms with Crippen LogP contribution in [0, 0.1) is 5.92 Å². The van der Waals surface area contributed by atoms with Crippen LogP contribution in [-0.4, -0.2) is 30.0 Å². The summed E-state index contributed by atoms with van der Waals surface area (Å²) in [4.78, 5) is 12.4. The normalized spacial score (nSPS) is 15.0. The van der Waals surface area contributed by atoms with Crippen molar-refractivity contribution in [3.8, 4) is 11.1 Å². The molecule has 4 heteroatoms. The minimum atomic E-state index is -0.798. The molecule has 0 fully saturated rings.